The number of hydrogen-bond donors (Lipinski definition) is 4. The third-order valence-electron chi connectivity index (χ3n) is 5.45. The number of nitrogen functional groups attached to an aromatic ring is 2. The molecule has 12 heteroatoms. The van der Waals surface area contributed by atoms with Gasteiger partial charge in [0.25, 0.3) is 0 Å². The molecular weight excluding hydrogens is 450 g/mol. The molecule has 35 heavy (non-hydrogen) atoms. The number of hydroxylamine groups is 2. The van der Waals surface area contributed by atoms with Crippen LogP contribution in [-0.2, 0) is 4.79 Å². The second kappa shape index (κ2) is 8.82. The topological polar surface area (TPSA) is 167 Å². The maximum Gasteiger partial charge on any atom is 0.249 e. The number of amidine groups is 3. The smallest absolute Gasteiger partial charge is 0.249 e. The molecule has 178 valence electrons. The van der Waals surface area contributed by atoms with Crippen molar-refractivity contribution in [3.8, 4) is 11.5 Å². The van der Waals surface area contributed by atoms with Gasteiger partial charge in [-0.1, -0.05) is 12.1 Å². The highest BCUT2D eigenvalue weighted by Gasteiger charge is 2.31. The van der Waals surface area contributed by atoms with Crippen LogP contribution in [0.3, 0.4) is 0 Å². The summed E-state index contributed by atoms with van der Waals surface area (Å²) in [6.45, 7) is 1.54. The fourth-order valence-electron chi connectivity index (χ4n) is 3.70. The first-order valence-electron chi connectivity index (χ1n) is 10.8. The minimum absolute atomic E-state index is 0.0692. The number of nitrogens with two attached hydrogens (primary N) is 2. The van der Waals surface area contributed by atoms with Crippen LogP contribution in [0.4, 0.5) is 5.69 Å². The molecule has 0 saturated carbocycles. The Morgan fingerprint density at radius 2 is 2.03 bits per heavy atom. The van der Waals surface area contributed by atoms with E-state index in [1.54, 1.807) is 18.2 Å². The molecule has 0 fully saturated rings. The number of nitrogens with one attached hydrogen (secondary N) is 2. The highest BCUT2D eigenvalue weighted by atomic mass is 16.7. The molecule has 0 bridgehead atoms. The molecule has 0 radical (unpaired) electrons. The number of amides is 1. The second-order valence-electron chi connectivity index (χ2n) is 7.95. The summed E-state index contributed by atoms with van der Waals surface area (Å²) in [4.78, 5) is 33.4. The van der Waals surface area contributed by atoms with Crippen molar-refractivity contribution in [1.29, 1.82) is 5.41 Å². The summed E-state index contributed by atoms with van der Waals surface area (Å²) in [5, 5.41) is 11.7. The summed E-state index contributed by atoms with van der Waals surface area (Å²) >= 11 is 0. The zero-order chi connectivity index (χ0) is 24.5. The van der Waals surface area contributed by atoms with Crippen molar-refractivity contribution in [3.05, 3.63) is 65.2 Å². The second-order valence-corrected chi connectivity index (χ2v) is 7.95. The van der Waals surface area contributed by atoms with Gasteiger partial charge in [-0.3, -0.25) is 20.2 Å². The van der Waals surface area contributed by atoms with E-state index in [1.165, 1.54) is 17.5 Å². The number of rotatable bonds is 6. The van der Waals surface area contributed by atoms with Gasteiger partial charge in [-0.15, -0.1) is 5.06 Å². The van der Waals surface area contributed by atoms with Crippen LogP contribution in [0.5, 0.6) is 11.5 Å². The maximum absolute atomic E-state index is 12.1. The zero-order valence-corrected chi connectivity index (χ0v) is 18.9. The molecule has 0 atom stereocenters. The first-order valence-corrected chi connectivity index (χ1v) is 10.8. The van der Waals surface area contributed by atoms with Crippen molar-refractivity contribution in [2.45, 2.75) is 0 Å². The van der Waals surface area contributed by atoms with Gasteiger partial charge in [0.05, 0.1) is 12.2 Å². The Balaban J connectivity index is 1.42. The van der Waals surface area contributed by atoms with E-state index < -0.39 is 0 Å². The lowest BCUT2D eigenvalue weighted by Gasteiger charge is -2.29. The Hall–Kier alpha value is -4.87. The van der Waals surface area contributed by atoms with E-state index in [0.29, 0.717) is 22.8 Å². The van der Waals surface area contributed by atoms with E-state index in [1.807, 2.05) is 25.2 Å². The number of benzene rings is 2. The summed E-state index contributed by atoms with van der Waals surface area (Å²) in [6, 6.07) is 12.2. The van der Waals surface area contributed by atoms with Crippen LogP contribution in [0, 0.1) is 5.41 Å². The van der Waals surface area contributed by atoms with Gasteiger partial charge < -0.3 is 31.3 Å². The SMILES string of the molecule is CN1CCN=C1c1cccc(ON2C=NC(Oc3cc(C(=N)N)ccc3N)=C3NC(=O)CN=C32)c1. The van der Waals surface area contributed by atoms with Gasteiger partial charge in [0.1, 0.15) is 24.6 Å². The van der Waals surface area contributed by atoms with Crippen molar-refractivity contribution in [2.24, 2.45) is 20.7 Å². The molecule has 3 aliphatic heterocycles. The van der Waals surface area contributed by atoms with Gasteiger partial charge in [0.15, 0.2) is 23.0 Å². The predicted octanol–water partition coefficient (Wildman–Crippen LogP) is 0.659. The van der Waals surface area contributed by atoms with Crippen LogP contribution in [0.1, 0.15) is 11.1 Å². The average molecular weight is 473 g/mol. The lowest BCUT2D eigenvalue weighted by atomic mass is 10.2. The summed E-state index contributed by atoms with van der Waals surface area (Å²) in [7, 11) is 1.99. The molecule has 0 spiro atoms. The number of fused-ring (bicyclic) bond motifs is 1. The van der Waals surface area contributed by atoms with E-state index in [2.05, 4.69) is 25.2 Å². The molecule has 0 unspecified atom stereocenters. The minimum atomic E-state index is -0.323. The lowest BCUT2D eigenvalue weighted by molar-refractivity contribution is -0.119. The first kappa shape index (κ1) is 21.9. The molecular formula is C23H23N9O3. The van der Waals surface area contributed by atoms with Gasteiger partial charge in [-0.2, -0.15) is 4.99 Å². The normalized spacial score (nSPS) is 17.0. The Morgan fingerprint density at radius 3 is 2.80 bits per heavy atom. The Morgan fingerprint density at radius 1 is 1.17 bits per heavy atom. The van der Waals surface area contributed by atoms with Crippen molar-refractivity contribution in [3.63, 3.8) is 0 Å². The van der Waals surface area contributed by atoms with Crippen molar-refractivity contribution in [1.82, 2.24) is 15.3 Å². The molecule has 0 saturated heterocycles. The van der Waals surface area contributed by atoms with E-state index in [-0.39, 0.29) is 35.6 Å². The van der Waals surface area contributed by atoms with Crippen molar-refractivity contribution >= 4 is 35.4 Å². The number of carbonyl (C=O) groups is 1. The van der Waals surface area contributed by atoms with Crippen molar-refractivity contribution < 1.29 is 14.4 Å². The zero-order valence-electron chi connectivity index (χ0n) is 18.9. The first-order chi connectivity index (χ1) is 16.9. The molecule has 5 rings (SSSR count). The lowest BCUT2D eigenvalue weighted by Crippen LogP contribution is -2.47. The summed E-state index contributed by atoms with van der Waals surface area (Å²) in [6.07, 6.45) is 1.39. The van der Waals surface area contributed by atoms with E-state index in [9.17, 15) is 4.79 Å². The summed E-state index contributed by atoms with van der Waals surface area (Å²) in [5.41, 5.74) is 13.5. The average Bonchev–Trinajstić information content (AvgIpc) is 3.27. The van der Waals surface area contributed by atoms with Gasteiger partial charge in [-0.25, -0.2) is 0 Å². The van der Waals surface area contributed by atoms with Gasteiger partial charge in [-0.05, 0) is 30.3 Å². The number of ether oxygens (including phenoxy) is 1. The Bertz CT molecular complexity index is 1350. The molecule has 6 N–H and O–H groups in total. The van der Waals surface area contributed by atoms with Crippen LogP contribution in [0.25, 0.3) is 0 Å². The predicted molar refractivity (Wildman–Crippen MR) is 131 cm³/mol. The Labute approximate surface area is 200 Å². The number of aliphatic imine (C=N–C) groups is 3. The van der Waals surface area contributed by atoms with Crippen molar-refractivity contribution in [2.75, 3.05) is 32.4 Å². The van der Waals surface area contributed by atoms with Crippen LogP contribution < -0.4 is 26.4 Å². The van der Waals surface area contributed by atoms with Crippen LogP contribution in [0.2, 0.25) is 0 Å². The maximum atomic E-state index is 12.1. The van der Waals surface area contributed by atoms with Gasteiger partial charge >= 0.3 is 0 Å². The molecule has 2 aromatic rings. The standard InChI is InChI=1S/C23H23N9O3/c1-31-8-7-27-21(31)14-3-2-4-15(9-14)35-32-12-29-23(19-22(32)28-11-18(33)30-19)34-17-10-13(20(25)26)5-6-16(17)24/h2-6,9-10,12H,7-8,11,24H2,1H3,(H3,25,26)(H,30,33). The number of nitrogens with zero attached hydrogens (tertiary/aromatic N) is 5. The Kier molecular flexibility index (Phi) is 5.53. The fraction of sp³-hybridized carbons (Fsp3) is 0.174. The molecule has 0 aliphatic carbocycles. The number of anilines is 1. The van der Waals surface area contributed by atoms with E-state index >= 15 is 0 Å². The van der Waals surface area contributed by atoms with E-state index in [4.69, 9.17) is 26.5 Å². The molecule has 3 aliphatic rings. The van der Waals surface area contributed by atoms with Gasteiger partial charge in [0, 0.05) is 24.7 Å². The summed E-state index contributed by atoms with van der Waals surface area (Å²) < 4.78 is 5.90. The monoisotopic (exact) mass is 473 g/mol. The fourth-order valence-corrected chi connectivity index (χ4v) is 3.70. The van der Waals surface area contributed by atoms with Gasteiger partial charge in [0.2, 0.25) is 11.8 Å². The third kappa shape index (κ3) is 4.36. The van der Waals surface area contributed by atoms with E-state index in [0.717, 1.165) is 24.5 Å². The molecule has 12 nitrogen and oxygen atoms in total. The number of hydrogen-bond acceptors (Lipinski definition) is 10. The largest absolute Gasteiger partial charge is 0.435 e. The highest BCUT2D eigenvalue weighted by molar-refractivity contribution is 6.10. The molecule has 3 heterocycles. The molecule has 1 amide bonds. The highest BCUT2D eigenvalue weighted by Crippen LogP contribution is 2.28. The van der Waals surface area contributed by atoms with Crippen LogP contribution in [0.15, 0.2) is 69.0 Å². The quantitative estimate of drug-likeness (QED) is 0.271. The number of likely N-dealkylation sites (N-methyl/N-ethyl adjacent to an activating group) is 1. The van der Waals surface area contributed by atoms with Crippen LogP contribution in [-0.4, -0.2) is 66.4 Å². The molecule has 0 aromatic heterocycles. The molecule has 2 aromatic carbocycles. The van der Waals surface area contributed by atoms with Crippen LogP contribution >= 0.6 is 0 Å². The minimum Gasteiger partial charge on any atom is -0.435 e. The third-order valence-corrected chi connectivity index (χ3v) is 5.45. The summed E-state index contributed by atoms with van der Waals surface area (Å²) in [5.74, 6) is 1.60. The number of carbonyl (C=O) groups excluding carboxylic acids is 1.